The van der Waals surface area contributed by atoms with E-state index in [1.54, 1.807) is 6.20 Å². The largest absolute Gasteiger partial charge is 0.494 e. The standard InChI is InChI=1S/C18H18N4O4S/c1-21-15(23)12(16(24)22(2)18(21)27)9-20-14(17(25)26)7-10-8-19-13-6-4-3-5-11(10)13/h3-6,8-9,14,19,23H,7H2,1-2H3,(H,25,26)/t14-/m0/s1. The van der Waals surface area contributed by atoms with Gasteiger partial charge in [0.15, 0.2) is 10.8 Å². The molecule has 0 amide bonds. The van der Waals surface area contributed by atoms with Crippen LogP contribution in [0.15, 0.2) is 40.2 Å². The molecule has 140 valence electrons. The SMILES string of the molecule is Cn1c(O)c(C=N[C@@H](Cc2c[nH]c3ccccc23)C(=O)O)c(=O)n(C)c1=S. The third kappa shape index (κ3) is 3.41. The molecular weight excluding hydrogens is 368 g/mol. The first kappa shape index (κ1) is 18.6. The van der Waals surface area contributed by atoms with E-state index < -0.39 is 17.6 Å². The average molecular weight is 386 g/mol. The molecule has 2 heterocycles. The van der Waals surface area contributed by atoms with E-state index in [1.165, 1.54) is 23.2 Å². The quantitative estimate of drug-likeness (QED) is 0.457. The molecule has 3 aromatic rings. The van der Waals surface area contributed by atoms with Crippen LogP contribution in [-0.4, -0.2) is 42.6 Å². The number of carbonyl (C=O) groups is 1. The second kappa shape index (κ2) is 7.20. The first-order valence-corrected chi connectivity index (χ1v) is 8.52. The maximum absolute atomic E-state index is 12.3. The van der Waals surface area contributed by atoms with Gasteiger partial charge in [-0.2, -0.15) is 0 Å². The third-order valence-electron chi connectivity index (χ3n) is 4.42. The lowest BCUT2D eigenvalue weighted by atomic mass is 10.1. The van der Waals surface area contributed by atoms with Crippen molar-refractivity contribution in [2.45, 2.75) is 12.5 Å². The molecule has 0 fully saturated rings. The first-order chi connectivity index (χ1) is 12.8. The Balaban J connectivity index is 1.98. The second-order valence-electron chi connectivity index (χ2n) is 6.14. The predicted molar refractivity (Wildman–Crippen MR) is 104 cm³/mol. The topological polar surface area (TPSA) is 113 Å². The minimum absolute atomic E-state index is 0.112. The second-order valence-corrected chi connectivity index (χ2v) is 6.50. The first-order valence-electron chi connectivity index (χ1n) is 8.11. The predicted octanol–water partition coefficient (Wildman–Crippen LogP) is 1.75. The van der Waals surface area contributed by atoms with E-state index in [0.717, 1.165) is 22.7 Å². The molecule has 0 radical (unpaired) electrons. The lowest BCUT2D eigenvalue weighted by molar-refractivity contribution is -0.138. The molecule has 3 rings (SSSR count). The average Bonchev–Trinajstić information content (AvgIpc) is 3.06. The van der Waals surface area contributed by atoms with Crippen LogP contribution in [0.1, 0.15) is 11.1 Å². The summed E-state index contributed by atoms with van der Waals surface area (Å²) >= 11 is 5.05. The molecule has 3 N–H and O–H groups in total. The molecule has 0 unspecified atom stereocenters. The smallest absolute Gasteiger partial charge is 0.328 e. The molecule has 27 heavy (non-hydrogen) atoms. The Labute approximate surface area is 159 Å². The van der Waals surface area contributed by atoms with Gasteiger partial charge in [0.05, 0.1) is 0 Å². The zero-order chi connectivity index (χ0) is 19.7. The highest BCUT2D eigenvalue weighted by molar-refractivity contribution is 7.71. The number of H-pyrrole nitrogens is 1. The van der Waals surface area contributed by atoms with Crippen molar-refractivity contribution in [2.75, 3.05) is 0 Å². The summed E-state index contributed by atoms with van der Waals surface area (Å²) < 4.78 is 2.59. The van der Waals surface area contributed by atoms with Gasteiger partial charge in [-0.1, -0.05) is 18.2 Å². The van der Waals surface area contributed by atoms with Crippen LogP contribution in [0.25, 0.3) is 10.9 Å². The molecule has 8 nitrogen and oxygen atoms in total. The number of hydrogen-bond donors (Lipinski definition) is 3. The number of aliphatic carboxylic acids is 1. The zero-order valence-electron chi connectivity index (χ0n) is 14.7. The lowest BCUT2D eigenvalue weighted by Gasteiger charge is -2.10. The van der Waals surface area contributed by atoms with Gasteiger partial charge in [0.2, 0.25) is 5.88 Å². The van der Waals surface area contributed by atoms with Gasteiger partial charge in [-0.05, 0) is 23.8 Å². The molecule has 0 aliphatic rings. The number of hydrogen-bond acceptors (Lipinski definition) is 5. The number of benzene rings is 1. The van der Waals surface area contributed by atoms with Gasteiger partial charge in [0.25, 0.3) is 5.56 Å². The Morgan fingerprint density at radius 3 is 2.74 bits per heavy atom. The van der Waals surface area contributed by atoms with Crippen molar-refractivity contribution in [3.63, 3.8) is 0 Å². The summed E-state index contributed by atoms with van der Waals surface area (Å²) in [6, 6.07) is 6.44. The maximum atomic E-state index is 12.3. The number of fused-ring (bicyclic) bond motifs is 1. The molecule has 0 saturated heterocycles. The number of nitrogens with one attached hydrogen (secondary N) is 1. The van der Waals surface area contributed by atoms with Crippen LogP contribution in [0.5, 0.6) is 5.88 Å². The molecule has 9 heteroatoms. The summed E-state index contributed by atoms with van der Waals surface area (Å²) in [5.74, 6) is -1.49. The molecule has 0 aliphatic carbocycles. The fourth-order valence-electron chi connectivity index (χ4n) is 2.85. The van der Waals surface area contributed by atoms with Gasteiger partial charge >= 0.3 is 5.97 Å². The van der Waals surface area contributed by atoms with Gasteiger partial charge < -0.3 is 15.2 Å². The van der Waals surface area contributed by atoms with E-state index >= 15 is 0 Å². The highest BCUT2D eigenvalue weighted by atomic mass is 32.1. The molecule has 1 atom stereocenters. The summed E-state index contributed by atoms with van der Waals surface area (Å²) in [5, 5.41) is 20.6. The summed E-state index contributed by atoms with van der Waals surface area (Å²) in [6.07, 6.45) is 2.99. The third-order valence-corrected chi connectivity index (χ3v) is 4.97. The van der Waals surface area contributed by atoms with Gasteiger partial charge in [-0.25, -0.2) is 4.79 Å². The van der Waals surface area contributed by atoms with Crippen molar-refractivity contribution in [3.8, 4) is 5.88 Å². The Morgan fingerprint density at radius 1 is 1.33 bits per heavy atom. The maximum Gasteiger partial charge on any atom is 0.328 e. The lowest BCUT2D eigenvalue weighted by Crippen LogP contribution is -2.26. The van der Waals surface area contributed by atoms with E-state index in [0.29, 0.717) is 0 Å². The number of nitrogens with zero attached hydrogens (tertiary/aromatic N) is 3. The summed E-state index contributed by atoms with van der Waals surface area (Å²) in [7, 11) is 2.98. The highest BCUT2D eigenvalue weighted by Crippen LogP contribution is 2.20. The number of aliphatic imine (C=N–C) groups is 1. The highest BCUT2D eigenvalue weighted by Gasteiger charge is 2.19. The van der Waals surface area contributed by atoms with E-state index in [4.69, 9.17) is 12.2 Å². The molecule has 0 saturated carbocycles. The van der Waals surface area contributed by atoms with Gasteiger partial charge in [-0.3, -0.25) is 18.9 Å². The van der Waals surface area contributed by atoms with Crippen molar-refractivity contribution in [2.24, 2.45) is 19.1 Å². The van der Waals surface area contributed by atoms with E-state index in [9.17, 15) is 19.8 Å². The number of carboxylic acid groups (broad SMARTS) is 1. The Morgan fingerprint density at radius 2 is 2.04 bits per heavy atom. The normalized spacial score (nSPS) is 12.7. The van der Waals surface area contributed by atoms with E-state index in [2.05, 4.69) is 9.98 Å². The van der Waals surface area contributed by atoms with E-state index in [1.807, 2.05) is 24.3 Å². The summed E-state index contributed by atoms with van der Waals surface area (Å²) in [4.78, 5) is 31.1. The van der Waals surface area contributed by atoms with Crippen LogP contribution in [-0.2, 0) is 25.3 Å². The molecular formula is C18H18N4O4S. The van der Waals surface area contributed by atoms with Crippen molar-refractivity contribution in [1.29, 1.82) is 0 Å². The molecule has 1 aromatic carbocycles. The number of aromatic nitrogens is 3. The van der Waals surface area contributed by atoms with Gasteiger partial charge in [0.1, 0.15) is 5.56 Å². The molecule has 0 spiro atoms. The molecule has 2 aromatic heterocycles. The number of rotatable bonds is 5. The van der Waals surface area contributed by atoms with Crippen LogP contribution in [0.2, 0.25) is 0 Å². The molecule has 0 aliphatic heterocycles. The van der Waals surface area contributed by atoms with Crippen LogP contribution < -0.4 is 5.56 Å². The molecule has 0 bridgehead atoms. The zero-order valence-corrected chi connectivity index (χ0v) is 15.5. The fourth-order valence-corrected chi connectivity index (χ4v) is 3.02. The minimum Gasteiger partial charge on any atom is -0.494 e. The van der Waals surface area contributed by atoms with Crippen LogP contribution in [0.3, 0.4) is 0 Å². The van der Waals surface area contributed by atoms with Crippen molar-refractivity contribution < 1.29 is 15.0 Å². The summed E-state index contributed by atoms with van der Waals surface area (Å²) in [6.45, 7) is 0. The monoisotopic (exact) mass is 386 g/mol. The van der Waals surface area contributed by atoms with Crippen LogP contribution >= 0.6 is 12.2 Å². The number of carboxylic acids is 1. The number of aromatic amines is 1. The van der Waals surface area contributed by atoms with Gasteiger partial charge in [0, 0.05) is 43.8 Å². The summed E-state index contributed by atoms with van der Waals surface area (Å²) in [5.41, 5.74) is 1.05. The van der Waals surface area contributed by atoms with Crippen LogP contribution in [0, 0.1) is 4.77 Å². The van der Waals surface area contributed by atoms with Crippen molar-refractivity contribution in [3.05, 3.63) is 56.7 Å². The van der Waals surface area contributed by atoms with Crippen LogP contribution in [0.4, 0.5) is 0 Å². The van der Waals surface area contributed by atoms with Gasteiger partial charge in [-0.15, -0.1) is 0 Å². The van der Waals surface area contributed by atoms with Crippen molar-refractivity contribution in [1.82, 2.24) is 14.1 Å². The number of para-hydroxylation sites is 1. The fraction of sp³-hybridized carbons (Fsp3) is 0.222. The minimum atomic E-state index is -1.13. The Bertz CT molecular complexity index is 1170. The Kier molecular flexibility index (Phi) is 4.95. The number of aromatic hydroxyl groups is 1. The van der Waals surface area contributed by atoms with E-state index in [-0.39, 0.29) is 22.6 Å². The van der Waals surface area contributed by atoms with Crippen molar-refractivity contribution >= 4 is 35.3 Å². The Hall–Kier alpha value is -3.20.